The van der Waals surface area contributed by atoms with Crippen molar-refractivity contribution in [3.05, 3.63) is 46.3 Å². The number of benzene rings is 1. The molecule has 0 saturated heterocycles. The van der Waals surface area contributed by atoms with Gasteiger partial charge in [0.15, 0.2) is 5.82 Å². The third kappa shape index (κ3) is 3.00. The Labute approximate surface area is 116 Å². The van der Waals surface area contributed by atoms with Crippen molar-refractivity contribution in [1.82, 2.24) is 4.98 Å². The Balaban J connectivity index is 2.40. The molecule has 2 rings (SSSR count). The number of hydrogen-bond acceptors (Lipinski definition) is 4. The maximum Gasteiger partial charge on any atom is 0.267 e. The van der Waals surface area contributed by atoms with Gasteiger partial charge >= 0.3 is 0 Å². The smallest absolute Gasteiger partial charge is 0.267 e. The number of hydrogen-bond donors (Lipinski definition) is 3. The van der Waals surface area contributed by atoms with Crippen LogP contribution in [0.25, 0.3) is 0 Å². The van der Waals surface area contributed by atoms with Gasteiger partial charge in [-0.15, -0.1) is 0 Å². The maximum atomic E-state index is 13.2. The Hall–Kier alpha value is -2.15. The molecule has 0 atom stereocenters. The lowest BCUT2D eigenvalue weighted by atomic mass is 10.2. The summed E-state index contributed by atoms with van der Waals surface area (Å²) in [5.74, 6) is -0.834. The fraction of sp³-hybridized carbons (Fsp3) is 0. The largest absolute Gasteiger partial charge is 0.396 e. The molecule has 0 aliphatic rings. The van der Waals surface area contributed by atoms with Gasteiger partial charge in [0.1, 0.15) is 11.5 Å². The summed E-state index contributed by atoms with van der Waals surface area (Å²) < 4.78 is 13.8. The SMILES string of the molecule is NC(=O)c1ccc(N)c(Nc2cc(F)ccc2Br)n1. The molecular weight excluding hydrogens is 315 g/mol. The quantitative estimate of drug-likeness (QED) is 0.808. The fourth-order valence-electron chi connectivity index (χ4n) is 1.43. The minimum absolute atomic E-state index is 0.0734. The van der Waals surface area contributed by atoms with Crippen LogP contribution in [0.3, 0.4) is 0 Å². The molecule has 1 aromatic heterocycles. The van der Waals surface area contributed by atoms with Crippen molar-refractivity contribution < 1.29 is 9.18 Å². The van der Waals surface area contributed by atoms with E-state index in [1.54, 1.807) is 6.07 Å². The van der Waals surface area contributed by atoms with E-state index >= 15 is 0 Å². The minimum atomic E-state index is -0.665. The molecule has 0 bridgehead atoms. The number of nitrogens with zero attached hydrogens (tertiary/aromatic N) is 1. The van der Waals surface area contributed by atoms with E-state index in [9.17, 15) is 9.18 Å². The Bertz CT molecular complexity index is 648. The summed E-state index contributed by atoms with van der Waals surface area (Å²) >= 11 is 3.27. The van der Waals surface area contributed by atoms with Gasteiger partial charge in [0.25, 0.3) is 5.91 Å². The molecule has 0 radical (unpaired) electrons. The van der Waals surface area contributed by atoms with Gasteiger partial charge in [0.2, 0.25) is 0 Å². The van der Waals surface area contributed by atoms with Crippen LogP contribution in [0.4, 0.5) is 21.6 Å². The molecule has 0 spiro atoms. The summed E-state index contributed by atoms with van der Waals surface area (Å²) in [4.78, 5) is 15.0. The number of halogens is 2. The van der Waals surface area contributed by atoms with Gasteiger partial charge < -0.3 is 16.8 Å². The summed E-state index contributed by atoms with van der Waals surface area (Å²) in [7, 11) is 0. The van der Waals surface area contributed by atoms with Gasteiger partial charge in [-0.1, -0.05) is 0 Å². The predicted molar refractivity (Wildman–Crippen MR) is 74.5 cm³/mol. The van der Waals surface area contributed by atoms with E-state index in [4.69, 9.17) is 11.5 Å². The van der Waals surface area contributed by atoms with Crippen molar-refractivity contribution in [1.29, 1.82) is 0 Å². The van der Waals surface area contributed by atoms with Crippen LogP contribution in [0.1, 0.15) is 10.5 Å². The minimum Gasteiger partial charge on any atom is -0.396 e. The number of aromatic nitrogens is 1. The van der Waals surface area contributed by atoms with Crippen molar-refractivity contribution in [2.75, 3.05) is 11.1 Å². The second kappa shape index (κ2) is 5.23. The lowest BCUT2D eigenvalue weighted by molar-refractivity contribution is 0.0996. The second-order valence-electron chi connectivity index (χ2n) is 3.75. The van der Waals surface area contributed by atoms with E-state index in [1.807, 2.05) is 0 Å². The molecule has 98 valence electrons. The van der Waals surface area contributed by atoms with Crippen LogP contribution in [0.15, 0.2) is 34.8 Å². The van der Waals surface area contributed by atoms with Crippen molar-refractivity contribution in [2.24, 2.45) is 5.73 Å². The lowest BCUT2D eigenvalue weighted by Gasteiger charge is -2.10. The van der Waals surface area contributed by atoms with Gasteiger partial charge in [0, 0.05) is 4.47 Å². The molecule has 0 aliphatic heterocycles. The molecule has 1 amide bonds. The second-order valence-corrected chi connectivity index (χ2v) is 4.60. The fourth-order valence-corrected chi connectivity index (χ4v) is 1.77. The maximum absolute atomic E-state index is 13.2. The van der Waals surface area contributed by atoms with Crippen LogP contribution < -0.4 is 16.8 Å². The zero-order valence-electron chi connectivity index (χ0n) is 9.65. The number of nitrogens with one attached hydrogen (secondary N) is 1. The van der Waals surface area contributed by atoms with Crippen LogP contribution in [-0.4, -0.2) is 10.9 Å². The van der Waals surface area contributed by atoms with Gasteiger partial charge in [0.05, 0.1) is 11.4 Å². The average Bonchev–Trinajstić information content (AvgIpc) is 2.36. The van der Waals surface area contributed by atoms with Crippen LogP contribution >= 0.6 is 15.9 Å². The van der Waals surface area contributed by atoms with E-state index in [0.29, 0.717) is 15.8 Å². The molecular formula is C12H10BrFN4O. The number of rotatable bonds is 3. The molecule has 19 heavy (non-hydrogen) atoms. The first-order valence-electron chi connectivity index (χ1n) is 5.26. The molecule has 1 heterocycles. The number of nitrogen functional groups attached to an aromatic ring is 1. The highest BCUT2D eigenvalue weighted by molar-refractivity contribution is 9.10. The first-order chi connectivity index (χ1) is 8.97. The Morgan fingerprint density at radius 1 is 1.32 bits per heavy atom. The number of anilines is 3. The molecule has 7 heteroatoms. The van der Waals surface area contributed by atoms with Crippen molar-refractivity contribution in [3.63, 3.8) is 0 Å². The van der Waals surface area contributed by atoms with Crippen LogP contribution in [0.5, 0.6) is 0 Å². The highest BCUT2D eigenvalue weighted by Gasteiger charge is 2.09. The lowest BCUT2D eigenvalue weighted by Crippen LogP contribution is -2.14. The van der Waals surface area contributed by atoms with E-state index in [2.05, 4.69) is 26.2 Å². The van der Waals surface area contributed by atoms with Crippen molar-refractivity contribution >= 4 is 39.0 Å². The molecule has 0 unspecified atom stereocenters. The van der Waals surface area contributed by atoms with Crippen LogP contribution in [0.2, 0.25) is 0 Å². The van der Waals surface area contributed by atoms with Crippen LogP contribution in [0, 0.1) is 5.82 Å². The number of carbonyl (C=O) groups is 1. The van der Waals surface area contributed by atoms with E-state index < -0.39 is 11.7 Å². The number of pyridine rings is 1. The number of carbonyl (C=O) groups excluding carboxylic acids is 1. The van der Waals surface area contributed by atoms with Gasteiger partial charge in [-0.05, 0) is 46.3 Å². The molecule has 1 aromatic carbocycles. The van der Waals surface area contributed by atoms with Crippen LogP contribution in [-0.2, 0) is 0 Å². The van der Waals surface area contributed by atoms with E-state index in [-0.39, 0.29) is 11.5 Å². The summed E-state index contributed by atoms with van der Waals surface area (Å²) in [6, 6.07) is 7.06. The van der Waals surface area contributed by atoms with Gasteiger partial charge in [-0.25, -0.2) is 9.37 Å². The summed E-state index contributed by atoms with van der Waals surface area (Å²) in [5, 5.41) is 2.85. The predicted octanol–water partition coefficient (Wildman–Crippen LogP) is 2.41. The molecule has 0 aliphatic carbocycles. The van der Waals surface area contributed by atoms with Gasteiger partial charge in [-0.2, -0.15) is 0 Å². The number of amides is 1. The summed E-state index contributed by atoms with van der Waals surface area (Å²) in [6.07, 6.45) is 0. The first kappa shape index (κ1) is 13.3. The third-order valence-electron chi connectivity index (χ3n) is 2.36. The zero-order valence-corrected chi connectivity index (χ0v) is 11.2. The monoisotopic (exact) mass is 324 g/mol. The zero-order chi connectivity index (χ0) is 14.0. The van der Waals surface area contributed by atoms with Gasteiger partial charge in [-0.3, -0.25) is 4.79 Å². The first-order valence-corrected chi connectivity index (χ1v) is 6.05. The molecule has 5 N–H and O–H groups in total. The van der Waals surface area contributed by atoms with E-state index in [0.717, 1.165) is 0 Å². The Morgan fingerprint density at radius 2 is 2.05 bits per heavy atom. The Morgan fingerprint density at radius 3 is 2.74 bits per heavy atom. The standard InChI is InChI=1S/C12H10BrFN4O/c13-7-2-1-6(14)5-10(7)18-12-8(15)3-4-9(17-12)11(16)19/h1-5H,15H2,(H2,16,19)(H,17,18). The number of primary amides is 1. The highest BCUT2D eigenvalue weighted by atomic mass is 79.9. The molecule has 5 nitrogen and oxygen atoms in total. The summed E-state index contributed by atoms with van der Waals surface area (Å²) in [5.41, 5.74) is 11.7. The van der Waals surface area contributed by atoms with Crippen molar-refractivity contribution in [2.45, 2.75) is 0 Å². The molecule has 0 fully saturated rings. The Kier molecular flexibility index (Phi) is 3.66. The van der Waals surface area contributed by atoms with E-state index in [1.165, 1.54) is 24.3 Å². The highest BCUT2D eigenvalue weighted by Crippen LogP contribution is 2.28. The normalized spacial score (nSPS) is 10.2. The molecule has 2 aromatic rings. The third-order valence-corrected chi connectivity index (χ3v) is 3.05. The van der Waals surface area contributed by atoms with Crippen molar-refractivity contribution in [3.8, 4) is 0 Å². The summed E-state index contributed by atoms with van der Waals surface area (Å²) in [6.45, 7) is 0. The molecule has 0 saturated carbocycles. The number of nitrogens with two attached hydrogens (primary N) is 2. The topological polar surface area (TPSA) is 94.0 Å². The average molecular weight is 325 g/mol.